The van der Waals surface area contributed by atoms with E-state index in [9.17, 15) is 9.18 Å². The standard InChI is InChI=1S/C9H12FNO2S/c1-5(8(12)13)7-11-6(4-14-7)9(2,3)10/h4-5H,1-3H3,(H,12,13). The molecule has 5 heteroatoms. The van der Waals surface area contributed by atoms with Crippen LogP contribution in [0.2, 0.25) is 0 Å². The van der Waals surface area contributed by atoms with Gasteiger partial charge in [0.1, 0.15) is 16.6 Å². The molecule has 14 heavy (non-hydrogen) atoms. The fourth-order valence-corrected chi connectivity index (χ4v) is 1.89. The quantitative estimate of drug-likeness (QED) is 0.846. The summed E-state index contributed by atoms with van der Waals surface area (Å²) in [7, 11) is 0. The molecule has 1 N–H and O–H groups in total. The molecular weight excluding hydrogens is 205 g/mol. The molecule has 0 bridgehead atoms. The van der Waals surface area contributed by atoms with Gasteiger partial charge < -0.3 is 5.11 Å². The largest absolute Gasteiger partial charge is 0.481 e. The second-order valence-electron chi connectivity index (χ2n) is 3.60. The molecule has 0 radical (unpaired) electrons. The monoisotopic (exact) mass is 217 g/mol. The molecule has 78 valence electrons. The minimum atomic E-state index is -1.51. The first kappa shape index (κ1) is 11.1. The molecule has 1 rings (SSSR count). The summed E-state index contributed by atoms with van der Waals surface area (Å²) < 4.78 is 13.4. The van der Waals surface area contributed by atoms with Crippen molar-refractivity contribution in [3.05, 3.63) is 16.1 Å². The third-order valence-corrected chi connectivity index (χ3v) is 2.90. The van der Waals surface area contributed by atoms with Crippen LogP contribution < -0.4 is 0 Å². The zero-order valence-electron chi connectivity index (χ0n) is 8.24. The lowest BCUT2D eigenvalue weighted by atomic mass is 10.1. The molecule has 0 aliphatic rings. The van der Waals surface area contributed by atoms with Gasteiger partial charge in [-0.3, -0.25) is 4.79 Å². The second kappa shape index (κ2) is 3.65. The Labute approximate surface area is 85.6 Å². The highest BCUT2D eigenvalue weighted by atomic mass is 32.1. The van der Waals surface area contributed by atoms with Crippen LogP contribution in [0.3, 0.4) is 0 Å². The van der Waals surface area contributed by atoms with Gasteiger partial charge in [0.25, 0.3) is 0 Å². The number of rotatable bonds is 3. The van der Waals surface area contributed by atoms with Gasteiger partial charge in [0.2, 0.25) is 0 Å². The highest BCUT2D eigenvalue weighted by Crippen LogP contribution is 2.28. The Morgan fingerprint density at radius 3 is 2.64 bits per heavy atom. The third-order valence-electron chi connectivity index (χ3n) is 1.87. The zero-order chi connectivity index (χ0) is 10.9. The van der Waals surface area contributed by atoms with E-state index in [0.29, 0.717) is 10.7 Å². The molecule has 0 amide bonds. The minimum Gasteiger partial charge on any atom is -0.481 e. The van der Waals surface area contributed by atoms with E-state index < -0.39 is 17.6 Å². The number of carboxylic acid groups (broad SMARTS) is 1. The van der Waals surface area contributed by atoms with Crippen molar-refractivity contribution in [3.8, 4) is 0 Å². The summed E-state index contributed by atoms with van der Waals surface area (Å²) in [5, 5.41) is 10.7. The number of hydrogen-bond acceptors (Lipinski definition) is 3. The average Bonchev–Trinajstić information content (AvgIpc) is 2.49. The summed E-state index contributed by atoms with van der Waals surface area (Å²) in [4.78, 5) is 14.6. The molecule has 0 aliphatic carbocycles. The highest BCUT2D eigenvalue weighted by Gasteiger charge is 2.25. The van der Waals surface area contributed by atoms with E-state index in [4.69, 9.17) is 5.11 Å². The fraction of sp³-hybridized carbons (Fsp3) is 0.556. The van der Waals surface area contributed by atoms with Crippen molar-refractivity contribution in [2.75, 3.05) is 0 Å². The third kappa shape index (κ3) is 2.29. The number of hydrogen-bond donors (Lipinski definition) is 1. The first-order chi connectivity index (χ1) is 6.32. The Hall–Kier alpha value is -0.970. The van der Waals surface area contributed by atoms with E-state index in [0.717, 1.165) is 0 Å². The Morgan fingerprint density at radius 1 is 1.71 bits per heavy atom. The molecule has 1 aromatic heterocycles. The van der Waals surface area contributed by atoms with Gasteiger partial charge in [-0.25, -0.2) is 9.37 Å². The molecule has 1 unspecified atom stereocenters. The van der Waals surface area contributed by atoms with Crippen LogP contribution in [0.5, 0.6) is 0 Å². The number of halogens is 1. The van der Waals surface area contributed by atoms with E-state index in [1.165, 1.54) is 32.1 Å². The normalized spacial score (nSPS) is 14.0. The van der Waals surface area contributed by atoms with Crippen LogP contribution in [0, 0.1) is 0 Å². The van der Waals surface area contributed by atoms with Crippen molar-refractivity contribution in [1.82, 2.24) is 4.98 Å². The van der Waals surface area contributed by atoms with E-state index in [-0.39, 0.29) is 0 Å². The van der Waals surface area contributed by atoms with Crippen LogP contribution in [-0.4, -0.2) is 16.1 Å². The minimum absolute atomic E-state index is 0.297. The number of carbonyl (C=O) groups is 1. The van der Waals surface area contributed by atoms with Crippen molar-refractivity contribution < 1.29 is 14.3 Å². The summed E-state index contributed by atoms with van der Waals surface area (Å²) in [5.41, 5.74) is -1.21. The number of alkyl halides is 1. The molecule has 0 aliphatic heterocycles. The molecule has 0 aromatic carbocycles. The summed E-state index contributed by atoms with van der Waals surface area (Å²) in [5.74, 6) is -1.61. The lowest BCUT2D eigenvalue weighted by molar-refractivity contribution is -0.138. The topological polar surface area (TPSA) is 50.2 Å². The van der Waals surface area contributed by atoms with E-state index >= 15 is 0 Å². The molecule has 0 saturated carbocycles. The van der Waals surface area contributed by atoms with Crippen LogP contribution in [0.1, 0.15) is 37.4 Å². The van der Waals surface area contributed by atoms with Crippen molar-refractivity contribution in [2.24, 2.45) is 0 Å². The van der Waals surface area contributed by atoms with E-state index in [2.05, 4.69) is 4.98 Å². The molecule has 0 saturated heterocycles. The van der Waals surface area contributed by atoms with Crippen LogP contribution in [0.15, 0.2) is 5.38 Å². The van der Waals surface area contributed by atoms with Gasteiger partial charge in [0.05, 0.1) is 5.69 Å². The number of carboxylic acids is 1. The first-order valence-electron chi connectivity index (χ1n) is 4.20. The van der Waals surface area contributed by atoms with Gasteiger partial charge in [0.15, 0.2) is 0 Å². The van der Waals surface area contributed by atoms with Crippen LogP contribution in [0.25, 0.3) is 0 Å². The fourth-order valence-electron chi connectivity index (χ4n) is 0.865. The summed E-state index contributed by atoms with van der Waals surface area (Å²) in [6, 6.07) is 0. The van der Waals surface area contributed by atoms with Crippen LogP contribution in [0.4, 0.5) is 4.39 Å². The number of thiazole rings is 1. The van der Waals surface area contributed by atoms with Gasteiger partial charge in [-0.15, -0.1) is 11.3 Å². The van der Waals surface area contributed by atoms with Crippen molar-refractivity contribution >= 4 is 17.3 Å². The maximum absolute atomic E-state index is 13.4. The zero-order valence-corrected chi connectivity index (χ0v) is 9.06. The maximum Gasteiger partial charge on any atom is 0.313 e. The van der Waals surface area contributed by atoms with E-state index in [1.54, 1.807) is 5.38 Å². The predicted molar refractivity (Wildman–Crippen MR) is 52.3 cm³/mol. The molecule has 1 atom stereocenters. The number of aliphatic carboxylic acids is 1. The van der Waals surface area contributed by atoms with Crippen LogP contribution >= 0.6 is 11.3 Å². The van der Waals surface area contributed by atoms with Gasteiger partial charge in [-0.2, -0.15) is 0 Å². The highest BCUT2D eigenvalue weighted by molar-refractivity contribution is 7.09. The van der Waals surface area contributed by atoms with Gasteiger partial charge in [-0.1, -0.05) is 0 Å². The average molecular weight is 217 g/mol. The second-order valence-corrected chi connectivity index (χ2v) is 4.49. The summed E-state index contributed by atoms with van der Waals surface area (Å²) in [6.07, 6.45) is 0. The molecular formula is C9H12FNO2S. The maximum atomic E-state index is 13.4. The van der Waals surface area contributed by atoms with Crippen molar-refractivity contribution in [1.29, 1.82) is 0 Å². The Bertz CT molecular complexity index is 343. The number of nitrogens with zero attached hydrogens (tertiary/aromatic N) is 1. The number of aromatic nitrogens is 1. The Kier molecular flexibility index (Phi) is 2.89. The lowest BCUT2D eigenvalue weighted by Crippen LogP contribution is -2.11. The summed E-state index contributed by atoms with van der Waals surface area (Å²) in [6.45, 7) is 4.34. The first-order valence-corrected chi connectivity index (χ1v) is 5.08. The SMILES string of the molecule is CC(C(=O)O)c1nc(C(C)(C)F)cs1. The molecule has 0 spiro atoms. The smallest absolute Gasteiger partial charge is 0.313 e. The van der Waals surface area contributed by atoms with Gasteiger partial charge in [-0.05, 0) is 20.8 Å². The van der Waals surface area contributed by atoms with Crippen molar-refractivity contribution in [2.45, 2.75) is 32.4 Å². The van der Waals surface area contributed by atoms with Gasteiger partial charge >= 0.3 is 5.97 Å². The van der Waals surface area contributed by atoms with Crippen molar-refractivity contribution in [3.63, 3.8) is 0 Å². The molecule has 0 fully saturated rings. The predicted octanol–water partition coefficient (Wildman–Crippen LogP) is 2.54. The summed E-state index contributed by atoms with van der Waals surface area (Å²) >= 11 is 1.18. The Balaban J connectivity index is 2.94. The van der Waals surface area contributed by atoms with Crippen LogP contribution in [-0.2, 0) is 10.5 Å². The lowest BCUT2D eigenvalue weighted by Gasteiger charge is -2.09. The van der Waals surface area contributed by atoms with Gasteiger partial charge in [0, 0.05) is 5.38 Å². The van der Waals surface area contributed by atoms with E-state index in [1.807, 2.05) is 0 Å². The molecule has 1 aromatic rings. The Morgan fingerprint density at radius 2 is 2.29 bits per heavy atom. The molecule has 1 heterocycles. The molecule has 3 nitrogen and oxygen atoms in total.